The van der Waals surface area contributed by atoms with Gasteiger partial charge in [0.1, 0.15) is 5.75 Å². The summed E-state index contributed by atoms with van der Waals surface area (Å²) in [6, 6.07) is 5.84. The van der Waals surface area contributed by atoms with Crippen LogP contribution in [0.1, 0.15) is 35.2 Å². The number of fused-ring (bicyclic) bond motifs is 2. The SMILES string of the molecule is COc1cccc2c1C(=O)NC21CCC1. The average Bonchev–Trinajstić information content (AvgIpc) is 2.52. The number of carbonyl (C=O) groups excluding carboxylic acids is 1. The highest BCUT2D eigenvalue weighted by Crippen LogP contribution is 2.48. The van der Waals surface area contributed by atoms with Crippen molar-refractivity contribution in [3.8, 4) is 5.75 Å². The van der Waals surface area contributed by atoms with Crippen molar-refractivity contribution in [3.05, 3.63) is 29.3 Å². The molecule has 1 saturated carbocycles. The number of nitrogens with one attached hydrogen (secondary N) is 1. The molecular weight excluding hydrogens is 190 g/mol. The van der Waals surface area contributed by atoms with Gasteiger partial charge in [-0.15, -0.1) is 0 Å². The molecule has 1 fully saturated rings. The average molecular weight is 203 g/mol. The molecule has 1 aliphatic carbocycles. The lowest BCUT2D eigenvalue weighted by Gasteiger charge is -2.38. The Labute approximate surface area is 88.4 Å². The Morgan fingerprint density at radius 2 is 2.20 bits per heavy atom. The molecule has 0 radical (unpaired) electrons. The molecule has 1 aromatic carbocycles. The Morgan fingerprint density at radius 3 is 2.80 bits per heavy atom. The molecule has 1 aliphatic heterocycles. The second-order valence-corrected chi connectivity index (χ2v) is 4.27. The molecule has 1 heterocycles. The van der Waals surface area contributed by atoms with Crippen LogP contribution in [0.25, 0.3) is 0 Å². The summed E-state index contributed by atoms with van der Waals surface area (Å²) in [5.74, 6) is 0.705. The predicted molar refractivity (Wildman–Crippen MR) is 56.0 cm³/mol. The van der Waals surface area contributed by atoms with Crippen LogP contribution >= 0.6 is 0 Å². The van der Waals surface area contributed by atoms with Gasteiger partial charge < -0.3 is 10.1 Å². The van der Waals surface area contributed by atoms with Crippen molar-refractivity contribution < 1.29 is 9.53 Å². The normalized spacial score (nSPS) is 20.7. The van der Waals surface area contributed by atoms with Crippen LogP contribution < -0.4 is 10.1 Å². The van der Waals surface area contributed by atoms with Gasteiger partial charge in [-0.25, -0.2) is 0 Å². The van der Waals surface area contributed by atoms with Crippen molar-refractivity contribution in [3.63, 3.8) is 0 Å². The van der Waals surface area contributed by atoms with Gasteiger partial charge >= 0.3 is 0 Å². The van der Waals surface area contributed by atoms with Gasteiger partial charge in [-0.05, 0) is 30.9 Å². The molecule has 1 N–H and O–H groups in total. The van der Waals surface area contributed by atoms with Crippen LogP contribution in [-0.4, -0.2) is 13.0 Å². The van der Waals surface area contributed by atoms with E-state index in [1.165, 1.54) is 6.42 Å². The summed E-state index contributed by atoms with van der Waals surface area (Å²) in [6.45, 7) is 0. The Hall–Kier alpha value is -1.51. The molecule has 3 nitrogen and oxygen atoms in total. The number of methoxy groups -OCH3 is 1. The minimum Gasteiger partial charge on any atom is -0.496 e. The molecule has 0 unspecified atom stereocenters. The Bertz CT molecular complexity index is 435. The van der Waals surface area contributed by atoms with Gasteiger partial charge in [0.2, 0.25) is 0 Å². The molecule has 3 heteroatoms. The Morgan fingerprint density at radius 1 is 1.40 bits per heavy atom. The smallest absolute Gasteiger partial charge is 0.256 e. The molecule has 0 atom stereocenters. The van der Waals surface area contributed by atoms with E-state index in [0.29, 0.717) is 5.75 Å². The maximum Gasteiger partial charge on any atom is 0.256 e. The van der Waals surface area contributed by atoms with Crippen molar-refractivity contribution in [1.29, 1.82) is 0 Å². The summed E-state index contributed by atoms with van der Waals surface area (Å²) >= 11 is 0. The summed E-state index contributed by atoms with van der Waals surface area (Å²) in [7, 11) is 1.61. The molecule has 15 heavy (non-hydrogen) atoms. The zero-order valence-corrected chi connectivity index (χ0v) is 8.67. The van der Waals surface area contributed by atoms with Crippen LogP contribution in [0.5, 0.6) is 5.75 Å². The summed E-state index contributed by atoms with van der Waals surface area (Å²) in [4.78, 5) is 11.9. The lowest BCUT2D eigenvalue weighted by molar-refractivity contribution is 0.0878. The maximum absolute atomic E-state index is 11.9. The lowest BCUT2D eigenvalue weighted by Crippen LogP contribution is -2.45. The summed E-state index contributed by atoms with van der Waals surface area (Å²) in [6.07, 6.45) is 3.30. The van der Waals surface area contributed by atoms with Gasteiger partial charge in [0.25, 0.3) is 5.91 Å². The highest BCUT2D eigenvalue weighted by molar-refractivity contribution is 6.02. The fourth-order valence-electron chi connectivity index (χ4n) is 2.61. The molecule has 0 saturated heterocycles. The molecular formula is C12H13NO2. The van der Waals surface area contributed by atoms with Gasteiger partial charge in [0.05, 0.1) is 18.2 Å². The maximum atomic E-state index is 11.9. The molecule has 0 aromatic heterocycles. The third-order valence-electron chi connectivity index (χ3n) is 3.55. The van der Waals surface area contributed by atoms with Crippen molar-refractivity contribution in [1.82, 2.24) is 5.32 Å². The third-order valence-corrected chi connectivity index (χ3v) is 3.55. The molecule has 3 rings (SSSR count). The van der Waals surface area contributed by atoms with E-state index in [0.717, 1.165) is 24.0 Å². The number of benzene rings is 1. The van der Waals surface area contributed by atoms with Gasteiger partial charge in [0.15, 0.2) is 0 Å². The number of hydrogen-bond donors (Lipinski definition) is 1. The highest BCUT2D eigenvalue weighted by atomic mass is 16.5. The lowest BCUT2D eigenvalue weighted by atomic mass is 9.73. The monoisotopic (exact) mass is 203 g/mol. The fourth-order valence-corrected chi connectivity index (χ4v) is 2.61. The molecule has 0 bridgehead atoms. The van der Waals surface area contributed by atoms with Gasteiger partial charge in [-0.2, -0.15) is 0 Å². The van der Waals surface area contributed by atoms with E-state index >= 15 is 0 Å². The zero-order chi connectivity index (χ0) is 10.5. The molecule has 1 aromatic rings. The number of amides is 1. The van der Waals surface area contributed by atoms with Crippen LogP contribution in [0.15, 0.2) is 18.2 Å². The summed E-state index contributed by atoms with van der Waals surface area (Å²) in [5.41, 5.74) is 1.79. The minimum atomic E-state index is -0.0685. The van der Waals surface area contributed by atoms with Crippen LogP contribution in [0, 0.1) is 0 Å². The highest BCUT2D eigenvalue weighted by Gasteiger charge is 2.48. The van der Waals surface area contributed by atoms with E-state index in [1.807, 2.05) is 18.2 Å². The first kappa shape index (κ1) is 8.77. The van der Waals surface area contributed by atoms with Crippen molar-refractivity contribution >= 4 is 5.91 Å². The zero-order valence-electron chi connectivity index (χ0n) is 8.67. The van der Waals surface area contributed by atoms with Crippen LogP contribution in [0.4, 0.5) is 0 Å². The van der Waals surface area contributed by atoms with E-state index < -0.39 is 0 Å². The Kier molecular flexibility index (Phi) is 1.61. The number of ether oxygens (including phenoxy) is 1. The largest absolute Gasteiger partial charge is 0.496 e. The van der Waals surface area contributed by atoms with Crippen LogP contribution in [0.2, 0.25) is 0 Å². The van der Waals surface area contributed by atoms with Crippen molar-refractivity contribution in [2.45, 2.75) is 24.8 Å². The standard InChI is InChI=1S/C12H13NO2/c1-15-9-5-2-4-8-10(9)11(14)13-12(8)6-3-7-12/h2,4-5H,3,6-7H2,1H3,(H,13,14). The van der Waals surface area contributed by atoms with Gasteiger partial charge in [-0.1, -0.05) is 12.1 Å². The number of rotatable bonds is 1. The Balaban J connectivity index is 2.20. The van der Waals surface area contributed by atoms with E-state index in [9.17, 15) is 4.79 Å². The second-order valence-electron chi connectivity index (χ2n) is 4.27. The second kappa shape index (κ2) is 2.75. The van der Waals surface area contributed by atoms with Crippen LogP contribution in [0.3, 0.4) is 0 Å². The topological polar surface area (TPSA) is 38.3 Å². The van der Waals surface area contributed by atoms with E-state index in [-0.39, 0.29) is 11.4 Å². The minimum absolute atomic E-state index is 0.0159. The molecule has 1 spiro atoms. The van der Waals surface area contributed by atoms with Gasteiger partial charge in [-0.3, -0.25) is 4.79 Å². The number of hydrogen-bond acceptors (Lipinski definition) is 2. The van der Waals surface area contributed by atoms with E-state index in [2.05, 4.69) is 5.32 Å². The molecule has 2 aliphatic rings. The van der Waals surface area contributed by atoms with Crippen molar-refractivity contribution in [2.24, 2.45) is 0 Å². The summed E-state index contributed by atoms with van der Waals surface area (Å²) in [5, 5.41) is 3.09. The third kappa shape index (κ3) is 0.978. The molecule has 78 valence electrons. The van der Waals surface area contributed by atoms with Crippen molar-refractivity contribution in [2.75, 3.05) is 7.11 Å². The quantitative estimate of drug-likeness (QED) is 0.756. The first-order chi connectivity index (χ1) is 7.27. The number of carbonyl (C=O) groups is 1. The first-order valence-corrected chi connectivity index (χ1v) is 5.27. The van der Waals surface area contributed by atoms with E-state index in [4.69, 9.17) is 4.74 Å². The first-order valence-electron chi connectivity index (χ1n) is 5.27. The van der Waals surface area contributed by atoms with E-state index in [1.54, 1.807) is 7.11 Å². The summed E-state index contributed by atoms with van der Waals surface area (Å²) < 4.78 is 5.23. The fraction of sp³-hybridized carbons (Fsp3) is 0.417. The predicted octanol–water partition coefficient (Wildman–Crippen LogP) is 1.82. The van der Waals surface area contributed by atoms with Crippen LogP contribution in [-0.2, 0) is 5.54 Å². The molecule has 1 amide bonds. The van der Waals surface area contributed by atoms with Gasteiger partial charge in [0, 0.05) is 0 Å².